The third-order valence-electron chi connectivity index (χ3n) is 3.47. The molecule has 0 amide bonds. The molecule has 1 aromatic heterocycles. The SMILES string of the molecule is O=S(=O)(Nc1ccccc1C([O-])=N/N=C\c1ccc(Cl)cc1Cl)c1cccs1. The van der Waals surface area contributed by atoms with Crippen molar-refractivity contribution in [1.29, 1.82) is 0 Å². The van der Waals surface area contributed by atoms with E-state index in [4.69, 9.17) is 23.2 Å². The summed E-state index contributed by atoms with van der Waals surface area (Å²) in [4.78, 5) is 0. The van der Waals surface area contributed by atoms with Crippen LogP contribution in [0, 0.1) is 0 Å². The summed E-state index contributed by atoms with van der Waals surface area (Å²) in [5.41, 5.74) is 0.723. The van der Waals surface area contributed by atoms with Crippen molar-refractivity contribution in [2.45, 2.75) is 4.21 Å². The fourth-order valence-corrected chi connectivity index (χ4v) is 4.70. The maximum absolute atomic E-state index is 12.4. The number of nitrogens with zero attached hydrogens (tertiary/aromatic N) is 2. The van der Waals surface area contributed by atoms with Crippen molar-refractivity contribution in [3.8, 4) is 0 Å². The Hall–Kier alpha value is -2.39. The molecule has 6 nitrogen and oxygen atoms in total. The first-order valence-electron chi connectivity index (χ1n) is 7.75. The van der Waals surface area contributed by atoms with Gasteiger partial charge in [0, 0.05) is 22.0 Å². The van der Waals surface area contributed by atoms with Crippen LogP contribution in [0.1, 0.15) is 11.1 Å². The highest BCUT2D eigenvalue weighted by atomic mass is 35.5. The van der Waals surface area contributed by atoms with Crippen LogP contribution in [-0.4, -0.2) is 20.5 Å². The van der Waals surface area contributed by atoms with Crippen LogP contribution in [0.4, 0.5) is 5.69 Å². The Morgan fingerprint density at radius 3 is 2.61 bits per heavy atom. The van der Waals surface area contributed by atoms with E-state index < -0.39 is 15.9 Å². The van der Waals surface area contributed by atoms with Gasteiger partial charge in [0.2, 0.25) is 0 Å². The van der Waals surface area contributed by atoms with Crippen molar-refractivity contribution in [3.63, 3.8) is 0 Å². The zero-order valence-electron chi connectivity index (χ0n) is 14.0. The summed E-state index contributed by atoms with van der Waals surface area (Å²) in [6, 6.07) is 14.1. The first-order chi connectivity index (χ1) is 13.4. The van der Waals surface area contributed by atoms with E-state index in [9.17, 15) is 13.5 Å². The maximum atomic E-state index is 12.4. The van der Waals surface area contributed by atoms with E-state index >= 15 is 0 Å². The minimum atomic E-state index is -3.79. The Morgan fingerprint density at radius 1 is 1.11 bits per heavy atom. The number of sulfonamides is 1. The molecule has 0 saturated heterocycles. The molecule has 0 bridgehead atoms. The standard InChI is InChI=1S/C18H13Cl2N3O3S2/c19-13-8-7-12(15(20)10-13)11-21-22-18(24)14-4-1-2-5-16(14)23-28(25,26)17-6-3-9-27-17/h1-11,23H,(H,22,24)/p-1/b21-11-. The lowest BCUT2D eigenvalue weighted by molar-refractivity contribution is -0.213. The van der Waals surface area contributed by atoms with E-state index in [1.807, 2.05) is 0 Å². The molecule has 0 aliphatic rings. The molecule has 0 aliphatic carbocycles. The van der Waals surface area contributed by atoms with Crippen LogP contribution in [-0.2, 0) is 10.0 Å². The first-order valence-corrected chi connectivity index (χ1v) is 10.9. The van der Waals surface area contributed by atoms with Crippen LogP contribution >= 0.6 is 34.5 Å². The Balaban J connectivity index is 1.85. The lowest BCUT2D eigenvalue weighted by atomic mass is 10.2. The molecular weight excluding hydrogens is 441 g/mol. The number of benzene rings is 2. The van der Waals surface area contributed by atoms with Crippen LogP contribution in [0.15, 0.2) is 74.4 Å². The minimum Gasteiger partial charge on any atom is -0.857 e. The van der Waals surface area contributed by atoms with Gasteiger partial charge in [0.15, 0.2) is 0 Å². The number of thiophene rings is 1. The fourth-order valence-electron chi connectivity index (χ4n) is 2.17. The summed E-state index contributed by atoms with van der Waals surface area (Å²) in [5.74, 6) is -0.703. The van der Waals surface area contributed by atoms with Gasteiger partial charge in [-0.15, -0.1) is 11.3 Å². The lowest BCUT2D eigenvalue weighted by Crippen LogP contribution is -2.22. The fraction of sp³-hybridized carbons (Fsp3) is 0. The third-order valence-corrected chi connectivity index (χ3v) is 6.79. The van der Waals surface area contributed by atoms with Crippen LogP contribution in [0.2, 0.25) is 10.0 Å². The molecule has 1 N–H and O–H groups in total. The zero-order valence-corrected chi connectivity index (χ0v) is 17.2. The van der Waals surface area contributed by atoms with Crippen LogP contribution in [0.3, 0.4) is 0 Å². The zero-order chi connectivity index (χ0) is 20.1. The number of hydrogen-bond acceptors (Lipinski definition) is 6. The highest BCUT2D eigenvalue weighted by Crippen LogP contribution is 2.23. The van der Waals surface area contributed by atoms with E-state index in [2.05, 4.69) is 14.9 Å². The second-order valence-corrected chi connectivity index (χ2v) is 9.10. The highest BCUT2D eigenvalue weighted by Gasteiger charge is 2.16. The molecule has 10 heteroatoms. The molecule has 0 aliphatic heterocycles. The molecule has 28 heavy (non-hydrogen) atoms. The molecule has 2 aromatic carbocycles. The van der Waals surface area contributed by atoms with Gasteiger partial charge in [-0.25, -0.2) is 8.42 Å². The third kappa shape index (κ3) is 4.90. The van der Waals surface area contributed by atoms with Gasteiger partial charge in [-0.3, -0.25) is 4.72 Å². The summed E-state index contributed by atoms with van der Waals surface area (Å²) in [7, 11) is -3.79. The number of para-hydroxylation sites is 1. The predicted molar refractivity (Wildman–Crippen MR) is 112 cm³/mol. The van der Waals surface area contributed by atoms with Gasteiger partial charge in [0.1, 0.15) is 4.21 Å². The Kier molecular flexibility index (Phi) is 6.35. The quantitative estimate of drug-likeness (QED) is 0.347. The molecule has 3 aromatic rings. The Labute approximate surface area is 175 Å². The smallest absolute Gasteiger partial charge is 0.271 e. The summed E-state index contributed by atoms with van der Waals surface area (Å²) >= 11 is 12.9. The van der Waals surface area contributed by atoms with Crippen molar-refractivity contribution in [1.82, 2.24) is 0 Å². The number of halogens is 2. The molecule has 0 unspecified atom stereocenters. The maximum Gasteiger partial charge on any atom is 0.271 e. The normalized spacial score (nSPS) is 12.4. The highest BCUT2D eigenvalue weighted by molar-refractivity contribution is 7.94. The second-order valence-electron chi connectivity index (χ2n) is 5.40. The van der Waals surface area contributed by atoms with E-state index in [1.54, 1.807) is 41.8 Å². The molecule has 0 spiro atoms. The number of hydrogen-bond donors (Lipinski definition) is 1. The average molecular weight is 453 g/mol. The van der Waals surface area contributed by atoms with E-state index in [-0.39, 0.29) is 15.5 Å². The van der Waals surface area contributed by atoms with Crippen molar-refractivity contribution in [3.05, 3.63) is 81.1 Å². The van der Waals surface area contributed by atoms with Crippen LogP contribution < -0.4 is 9.83 Å². The Morgan fingerprint density at radius 2 is 1.89 bits per heavy atom. The molecule has 0 radical (unpaired) electrons. The van der Waals surface area contributed by atoms with Crippen LogP contribution in [0.5, 0.6) is 0 Å². The molecule has 1 heterocycles. The first kappa shape index (κ1) is 20.3. The molecule has 0 atom stereocenters. The summed E-state index contributed by atoms with van der Waals surface area (Å²) in [6.07, 6.45) is 1.31. The molecule has 3 rings (SSSR count). The van der Waals surface area contributed by atoms with Crippen molar-refractivity contribution >= 4 is 62.4 Å². The largest absolute Gasteiger partial charge is 0.857 e. The van der Waals surface area contributed by atoms with Gasteiger partial charge in [-0.2, -0.15) is 10.2 Å². The van der Waals surface area contributed by atoms with Crippen LogP contribution in [0.25, 0.3) is 0 Å². The monoisotopic (exact) mass is 452 g/mol. The molecular formula is C18H12Cl2N3O3S2-. The molecule has 144 valence electrons. The van der Waals surface area contributed by atoms with Gasteiger partial charge < -0.3 is 5.11 Å². The topological polar surface area (TPSA) is 94.0 Å². The minimum absolute atomic E-state index is 0.0713. The van der Waals surface area contributed by atoms with E-state index in [0.717, 1.165) is 11.3 Å². The molecule has 0 fully saturated rings. The lowest BCUT2D eigenvalue weighted by Gasteiger charge is -2.15. The van der Waals surface area contributed by atoms with Gasteiger partial charge in [-0.05, 0) is 29.6 Å². The van der Waals surface area contributed by atoms with Gasteiger partial charge in [0.25, 0.3) is 10.0 Å². The van der Waals surface area contributed by atoms with Gasteiger partial charge in [0.05, 0.1) is 16.9 Å². The number of anilines is 1. The van der Waals surface area contributed by atoms with Gasteiger partial charge >= 0.3 is 0 Å². The van der Waals surface area contributed by atoms with E-state index in [1.165, 1.54) is 24.4 Å². The van der Waals surface area contributed by atoms with Crippen molar-refractivity contribution < 1.29 is 13.5 Å². The predicted octanol–water partition coefficient (Wildman–Crippen LogP) is 4.00. The molecule has 0 saturated carbocycles. The number of rotatable bonds is 6. The van der Waals surface area contributed by atoms with Crippen molar-refractivity contribution in [2.24, 2.45) is 10.2 Å². The van der Waals surface area contributed by atoms with Crippen molar-refractivity contribution in [2.75, 3.05) is 4.72 Å². The summed E-state index contributed by atoms with van der Waals surface area (Å²) in [5, 5.41) is 22.2. The second kappa shape index (κ2) is 8.74. The number of nitrogens with one attached hydrogen (secondary N) is 1. The van der Waals surface area contributed by atoms with Gasteiger partial charge in [-0.1, -0.05) is 53.5 Å². The summed E-state index contributed by atoms with van der Waals surface area (Å²) in [6.45, 7) is 0. The average Bonchev–Trinajstić information content (AvgIpc) is 3.19. The summed E-state index contributed by atoms with van der Waals surface area (Å²) < 4.78 is 27.4. The van der Waals surface area contributed by atoms with E-state index in [0.29, 0.717) is 15.6 Å². The Bertz CT molecular complexity index is 1140.